The Balaban J connectivity index is 0.00000127. The van der Waals surface area contributed by atoms with E-state index in [-0.39, 0.29) is 0 Å². The van der Waals surface area contributed by atoms with Crippen LogP contribution in [0.1, 0.15) is 52.9 Å². The minimum atomic E-state index is 0.635. The first-order valence-corrected chi connectivity index (χ1v) is 8.45. The molecule has 2 aliphatic rings. The van der Waals surface area contributed by atoms with E-state index < -0.39 is 0 Å². The highest BCUT2D eigenvalue weighted by Crippen LogP contribution is 2.30. The molecule has 0 fully saturated rings. The Morgan fingerprint density at radius 2 is 1.96 bits per heavy atom. The zero-order valence-corrected chi connectivity index (χ0v) is 14.8. The summed E-state index contributed by atoms with van der Waals surface area (Å²) < 4.78 is 0. The number of allylic oxidation sites excluding steroid dienone is 7. The van der Waals surface area contributed by atoms with Gasteiger partial charge in [0.1, 0.15) is 0 Å². The van der Waals surface area contributed by atoms with E-state index in [2.05, 4.69) is 49.4 Å². The predicted octanol–water partition coefficient (Wildman–Crippen LogP) is 5.87. The molecule has 0 aromatic carbocycles. The van der Waals surface area contributed by atoms with Crippen molar-refractivity contribution in [2.24, 2.45) is 4.99 Å². The maximum atomic E-state index is 8.79. The van der Waals surface area contributed by atoms with Crippen LogP contribution < -0.4 is 0 Å². The molecule has 2 nitrogen and oxygen atoms in total. The van der Waals surface area contributed by atoms with Crippen LogP contribution in [0.4, 0.5) is 0 Å². The zero-order valence-electron chi connectivity index (χ0n) is 14.8. The highest BCUT2D eigenvalue weighted by molar-refractivity contribution is 5.99. The first-order chi connectivity index (χ1) is 11.1. The first kappa shape index (κ1) is 18.9. The lowest BCUT2D eigenvalue weighted by molar-refractivity contribution is 0.868. The molecule has 2 rings (SSSR count). The topological polar surface area (TPSA) is 36.1 Å². The van der Waals surface area contributed by atoms with Gasteiger partial charge in [0.25, 0.3) is 0 Å². The van der Waals surface area contributed by atoms with Crippen molar-refractivity contribution in [2.75, 3.05) is 6.54 Å². The van der Waals surface area contributed by atoms with Crippen LogP contribution in [0.3, 0.4) is 0 Å². The van der Waals surface area contributed by atoms with Crippen LogP contribution in [-0.4, -0.2) is 12.3 Å². The molecule has 1 heterocycles. The molecule has 1 aliphatic carbocycles. The maximum Gasteiger partial charge on any atom is 0.0944 e. The number of dihydropyridines is 1. The lowest BCUT2D eigenvalue weighted by Gasteiger charge is -2.19. The maximum absolute atomic E-state index is 8.79. The fourth-order valence-electron chi connectivity index (χ4n) is 2.70. The largest absolute Gasteiger partial charge is 0.289 e. The summed E-state index contributed by atoms with van der Waals surface area (Å²) in [6.45, 7) is 15.0. The van der Waals surface area contributed by atoms with Gasteiger partial charge in [-0.05, 0) is 49.3 Å². The van der Waals surface area contributed by atoms with E-state index in [4.69, 9.17) is 5.26 Å². The molecule has 0 radical (unpaired) electrons. The second-order valence-electron chi connectivity index (χ2n) is 5.67. The molecule has 0 aromatic heterocycles. The van der Waals surface area contributed by atoms with Gasteiger partial charge in [-0.25, -0.2) is 0 Å². The average molecular weight is 308 g/mol. The minimum absolute atomic E-state index is 0.635. The predicted molar refractivity (Wildman–Crippen MR) is 101 cm³/mol. The Morgan fingerprint density at radius 1 is 1.22 bits per heavy atom. The highest BCUT2D eigenvalue weighted by Gasteiger charge is 2.13. The van der Waals surface area contributed by atoms with E-state index in [0.717, 1.165) is 37.9 Å². The van der Waals surface area contributed by atoms with Gasteiger partial charge in [0.15, 0.2) is 0 Å². The second-order valence-corrected chi connectivity index (χ2v) is 5.67. The fourth-order valence-corrected chi connectivity index (χ4v) is 2.70. The summed E-state index contributed by atoms with van der Waals surface area (Å²) in [7, 11) is 0. The number of nitriles is 1. The normalized spacial score (nSPS) is 16.6. The molecule has 2 heteroatoms. The van der Waals surface area contributed by atoms with Crippen molar-refractivity contribution in [3.05, 3.63) is 59.3 Å². The van der Waals surface area contributed by atoms with Crippen LogP contribution >= 0.6 is 0 Å². The van der Waals surface area contributed by atoms with Gasteiger partial charge in [-0.3, -0.25) is 4.99 Å². The van der Waals surface area contributed by atoms with Gasteiger partial charge in [-0.15, -0.1) is 0 Å². The molecular formula is C21H28N2. The third kappa shape index (κ3) is 5.87. The Labute approximate surface area is 141 Å². The molecule has 0 aromatic rings. The van der Waals surface area contributed by atoms with Crippen molar-refractivity contribution in [3.8, 4) is 6.07 Å². The van der Waals surface area contributed by atoms with E-state index in [1.807, 2.05) is 13.8 Å². The summed E-state index contributed by atoms with van der Waals surface area (Å²) in [4.78, 5) is 4.50. The van der Waals surface area contributed by atoms with Crippen molar-refractivity contribution in [1.82, 2.24) is 0 Å². The summed E-state index contributed by atoms with van der Waals surface area (Å²) in [6.07, 6.45) is 11.2. The van der Waals surface area contributed by atoms with E-state index in [9.17, 15) is 0 Å². The molecule has 0 amide bonds. The van der Waals surface area contributed by atoms with E-state index in [1.54, 1.807) is 0 Å². The Bertz CT molecular complexity index is 619. The summed E-state index contributed by atoms with van der Waals surface area (Å²) in [5.74, 6) is 0. The van der Waals surface area contributed by atoms with Gasteiger partial charge in [-0.2, -0.15) is 5.26 Å². The smallest absolute Gasteiger partial charge is 0.0944 e. The molecule has 23 heavy (non-hydrogen) atoms. The summed E-state index contributed by atoms with van der Waals surface area (Å²) in [5, 5.41) is 8.79. The molecule has 0 spiro atoms. The quantitative estimate of drug-likeness (QED) is 0.585. The molecule has 0 atom stereocenters. The van der Waals surface area contributed by atoms with Gasteiger partial charge in [0.05, 0.1) is 6.07 Å². The highest BCUT2D eigenvalue weighted by atomic mass is 14.7. The fraction of sp³-hybridized carbons (Fsp3) is 0.429. The van der Waals surface area contributed by atoms with E-state index >= 15 is 0 Å². The van der Waals surface area contributed by atoms with Crippen LogP contribution in [-0.2, 0) is 0 Å². The molecule has 1 aliphatic heterocycles. The number of nitrogens with zero attached hydrogens (tertiary/aromatic N) is 2. The average Bonchev–Trinajstić information content (AvgIpc) is 2.59. The van der Waals surface area contributed by atoms with Crippen LogP contribution in [0.5, 0.6) is 0 Å². The number of rotatable bonds is 5. The molecule has 0 N–H and O–H groups in total. The van der Waals surface area contributed by atoms with Gasteiger partial charge in [0.2, 0.25) is 0 Å². The molecule has 0 unspecified atom stereocenters. The Hall–Kier alpha value is -2.14. The summed E-state index contributed by atoms with van der Waals surface area (Å²) in [6, 6.07) is 2.11. The van der Waals surface area contributed by atoms with Gasteiger partial charge >= 0.3 is 0 Å². The minimum Gasteiger partial charge on any atom is -0.289 e. The third-order valence-corrected chi connectivity index (χ3v) is 4.03. The zero-order chi connectivity index (χ0) is 17.2. The Morgan fingerprint density at radius 3 is 2.52 bits per heavy atom. The first-order valence-electron chi connectivity index (χ1n) is 8.45. The SMILES string of the molecule is C=C(C#N)CC1=CC=C(C(=C)CC2=CCCN=C2C)CC1.CC. The number of aliphatic imine (C=N–C) groups is 1. The summed E-state index contributed by atoms with van der Waals surface area (Å²) >= 11 is 0. The van der Waals surface area contributed by atoms with E-state index in [1.165, 1.54) is 22.3 Å². The van der Waals surface area contributed by atoms with Crippen LogP contribution in [0.25, 0.3) is 0 Å². The van der Waals surface area contributed by atoms with E-state index in [0.29, 0.717) is 12.0 Å². The van der Waals surface area contributed by atoms with Crippen LogP contribution in [0, 0.1) is 11.3 Å². The lowest BCUT2D eigenvalue weighted by Crippen LogP contribution is -2.06. The van der Waals surface area contributed by atoms with Gasteiger partial charge in [-0.1, -0.05) is 50.8 Å². The standard InChI is InChI=1S/C19H22N2.C2H6/c1-14(13-20)11-17-6-8-18(9-7-17)15(2)12-19-5-4-10-21-16(19)3;1-2/h5-6,8H,1-2,4,7,9-12H2,3H3;1-2H3. The number of hydrogen-bond acceptors (Lipinski definition) is 2. The van der Waals surface area contributed by atoms with Crippen molar-refractivity contribution in [3.63, 3.8) is 0 Å². The summed E-state index contributed by atoms with van der Waals surface area (Å²) in [5.41, 5.74) is 6.90. The molecular weight excluding hydrogens is 280 g/mol. The monoisotopic (exact) mass is 308 g/mol. The van der Waals surface area contributed by atoms with Crippen LogP contribution in [0.2, 0.25) is 0 Å². The molecule has 0 saturated heterocycles. The molecule has 0 saturated carbocycles. The van der Waals surface area contributed by atoms with Crippen molar-refractivity contribution in [1.29, 1.82) is 5.26 Å². The van der Waals surface area contributed by atoms with Crippen molar-refractivity contribution < 1.29 is 0 Å². The third-order valence-electron chi connectivity index (χ3n) is 4.03. The van der Waals surface area contributed by atoms with Crippen molar-refractivity contribution in [2.45, 2.75) is 52.9 Å². The van der Waals surface area contributed by atoms with Crippen LogP contribution in [0.15, 0.2) is 64.2 Å². The molecule has 122 valence electrons. The van der Waals surface area contributed by atoms with Gasteiger partial charge < -0.3 is 0 Å². The second kappa shape index (κ2) is 9.79. The lowest BCUT2D eigenvalue weighted by atomic mass is 9.88. The van der Waals surface area contributed by atoms with Gasteiger partial charge in [0, 0.05) is 24.3 Å². The molecule has 0 bridgehead atoms. The number of hydrogen-bond donors (Lipinski definition) is 0. The van der Waals surface area contributed by atoms with Crippen molar-refractivity contribution >= 4 is 5.71 Å². The Kier molecular flexibility index (Phi) is 8.05.